The van der Waals surface area contributed by atoms with Gasteiger partial charge in [0.15, 0.2) is 0 Å². The lowest BCUT2D eigenvalue weighted by atomic mass is 9.74. The minimum Gasteiger partial charge on any atom is -0.323 e. The largest absolute Gasteiger partial charge is 0.323 e. The van der Waals surface area contributed by atoms with Gasteiger partial charge in [-0.25, -0.2) is 9.18 Å². The van der Waals surface area contributed by atoms with Crippen LogP contribution >= 0.6 is 0 Å². The topological polar surface area (TPSA) is 90.1 Å². The summed E-state index contributed by atoms with van der Waals surface area (Å²) in [5, 5.41) is 12.7. The summed E-state index contributed by atoms with van der Waals surface area (Å²) >= 11 is 0. The molecule has 0 unspecified atom stereocenters. The fraction of sp³-hybridized carbons (Fsp3) is 0.370. The number of carbonyl (C=O) groups excluding carboxylic acids is 2. The number of likely N-dealkylation sites (tertiary alicyclic amines) is 1. The van der Waals surface area contributed by atoms with E-state index in [0.717, 1.165) is 62.1 Å². The molecule has 3 aromatic rings. The summed E-state index contributed by atoms with van der Waals surface area (Å²) in [4.78, 5) is 27.4. The van der Waals surface area contributed by atoms with E-state index in [1.54, 1.807) is 12.1 Å². The van der Waals surface area contributed by atoms with Gasteiger partial charge in [-0.3, -0.25) is 20.1 Å². The number of rotatable bonds is 8. The molecule has 2 aromatic carbocycles. The molecule has 5 rings (SSSR count). The van der Waals surface area contributed by atoms with Crippen LogP contribution in [0.2, 0.25) is 0 Å². The first kappa shape index (κ1) is 23.2. The molecule has 2 aliphatic heterocycles. The van der Waals surface area contributed by atoms with E-state index in [-0.39, 0.29) is 23.7 Å². The monoisotopic (exact) mass is 475 g/mol. The maximum absolute atomic E-state index is 13.3. The molecule has 2 aliphatic rings. The van der Waals surface area contributed by atoms with Crippen molar-refractivity contribution in [1.82, 2.24) is 25.7 Å². The Bertz CT molecular complexity index is 1170. The summed E-state index contributed by atoms with van der Waals surface area (Å²) in [6.45, 7) is 2.36. The second kappa shape index (κ2) is 10.00. The first-order valence-electron chi connectivity index (χ1n) is 12.2. The van der Waals surface area contributed by atoms with Gasteiger partial charge in [0.1, 0.15) is 11.4 Å². The number of imide groups is 1. The third kappa shape index (κ3) is 4.98. The van der Waals surface area contributed by atoms with Crippen molar-refractivity contribution in [2.75, 3.05) is 13.1 Å². The summed E-state index contributed by atoms with van der Waals surface area (Å²) in [7, 11) is 0. The van der Waals surface area contributed by atoms with Crippen LogP contribution in [0.15, 0.2) is 60.8 Å². The van der Waals surface area contributed by atoms with Crippen LogP contribution in [0.4, 0.5) is 9.18 Å². The Labute approximate surface area is 204 Å². The molecule has 0 saturated carbocycles. The predicted molar refractivity (Wildman–Crippen MR) is 131 cm³/mol. The second-order valence-corrected chi connectivity index (χ2v) is 9.55. The number of hydrogen-bond donors (Lipinski definition) is 3. The molecule has 3 N–H and O–H groups in total. The van der Waals surface area contributed by atoms with Gasteiger partial charge in [0.25, 0.3) is 5.91 Å². The standard InChI is InChI=1S/C27H30FN5O2/c28-23-10-8-20(9-11-23)24-21(17-29-32-24)18-33-15-12-22(13-16-33)27(25(34)30-26(35)31-27)14-4-7-19-5-2-1-3-6-19/h1-3,5-6,8-11,17,22H,4,7,12-16,18H2,(H,29,32)(H2,30,31,34,35)/t27-/m1/s1. The summed E-state index contributed by atoms with van der Waals surface area (Å²) in [6.07, 6.45) is 5.79. The van der Waals surface area contributed by atoms with Gasteiger partial charge in [0, 0.05) is 17.7 Å². The van der Waals surface area contributed by atoms with Crippen molar-refractivity contribution in [1.29, 1.82) is 0 Å². The lowest BCUT2D eigenvalue weighted by molar-refractivity contribution is -0.127. The number of aryl methyl sites for hydroxylation is 1. The quantitative estimate of drug-likeness (QED) is 0.429. The number of aromatic amines is 1. The zero-order valence-electron chi connectivity index (χ0n) is 19.6. The number of amides is 3. The molecule has 3 amide bonds. The third-order valence-corrected chi connectivity index (χ3v) is 7.38. The first-order chi connectivity index (χ1) is 17.0. The average molecular weight is 476 g/mol. The SMILES string of the molecule is O=C1NC(=O)[C@@](CCCc2ccccc2)(C2CCN(Cc3cn[nH]c3-c3ccc(F)cc3)CC2)N1. The van der Waals surface area contributed by atoms with E-state index < -0.39 is 5.54 Å². The van der Waals surface area contributed by atoms with E-state index in [9.17, 15) is 14.0 Å². The highest BCUT2D eigenvalue weighted by atomic mass is 19.1. The molecule has 7 nitrogen and oxygen atoms in total. The molecule has 8 heteroatoms. The smallest absolute Gasteiger partial charge is 0.322 e. The third-order valence-electron chi connectivity index (χ3n) is 7.38. The normalized spacial score (nSPS) is 21.2. The highest BCUT2D eigenvalue weighted by Crippen LogP contribution is 2.35. The minimum absolute atomic E-state index is 0.0851. The molecule has 1 atom stereocenters. The highest BCUT2D eigenvalue weighted by molar-refractivity contribution is 6.07. The number of halogens is 1. The van der Waals surface area contributed by atoms with Gasteiger partial charge in [-0.15, -0.1) is 0 Å². The molecule has 0 aliphatic carbocycles. The van der Waals surface area contributed by atoms with Crippen molar-refractivity contribution >= 4 is 11.9 Å². The number of H-pyrrole nitrogens is 1. The number of benzene rings is 2. The van der Waals surface area contributed by atoms with Gasteiger partial charge in [-0.05, 0) is 80.9 Å². The molecule has 2 saturated heterocycles. The summed E-state index contributed by atoms with van der Waals surface area (Å²) in [5.41, 5.74) is 3.25. The number of nitrogens with zero attached hydrogens (tertiary/aromatic N) is 2. The van der Waals surface area contributed by atoms with Crippen LogP contribution in [0.1, 0.15) is 36.8 Å². The molecule has 182 valence electrons. The van der Waals surface area contributed by atoms with Gasteiger partial charge < -0.3 is 5.32 Å². The number of piperidine rings is 1. The van der Waals surface area contributed by atoms with Gasteiger partial charge in [0.2, 0.25) is 0 Å². The predicted octanol–water partition coefficient (Wildman–Crippen LogP) is 4.03. The Morgan fingerprint density at radius 3 is 2.46 bits per heavy atom. The van der Waals surface area contributed by atoms with Crippen molar-refractivity contribution < 1.29 is 14.0 Å². The molecular weight excluding hydrogens is 445 g/mol. The Balaban J connectivity index is 1.22. The lowest BCUT2D eigenvalue weighted by Crippen LogP contribution is -2.56. The molecule has 3 heterocycles. The Kier molecular flexibility index (Phi) is 6.63. The Morgan fingerprint density at radius 2 is 1.77 bits per heavy atom. The van der Waals surface area contributed by atoms with E-state index in [0.29, 0.717) is 6.42 Å². The molecular formula is C27H30FN5O2. The van der Waals surface area contributed by atoms with Gasteiger partial charge >= 0.3 is 6.03 Å². The van der Waals surface area contributed by atoms with Gasteiger partial charge in [0.05, 0.1) is 11.9 Å². The van der Waals surface area contributed by atoms with E-state index in [1.807, 2.05) is 24.4 Å². The molecule has 0 radical (unpaired) electrons. The van der Waals surface area contributed by atoms with Crippen LogP contribution in [0, 0.1) is 11.7 Å². The molecule has 2 fully saturated rings. The van der Waals surface area contributed by atoms with E-state index in [1.165, 1.54) is 17.7 Å². The lowest BCUT2D eigenvalue weighted by Gasteiger charge is -2.40. The average Bonchev–Trinajstić information content (AvgIpc) is 3.44. The number of urea groups is 1. The van der Waals surface area contributed by atoms with Crippen molar-refractivity contribution in [3.05, 3.63) is 77.7 Å². The van der Waals surface area contributed by atoms with Crippen LogP contribution in [-0.4, -0.2) is 45.7 Å². The summed E-state index contributed by atoms with van der Waals surface area (Å²) in [6, 6.07) is 16.2. The zero-order valence-corrected chi connectivity index (χ0v) is 19.6. The molecule has 0 spiro atoms. The van der Waals surface area contributed by atoms with E-state index >= 15 is 0 Å². The maximum atomic E-state index is 13.3. The second-order valence-electron chi connectivity index (χ2n) is 9.55. The Hall–Kier alpha value is -3.52. The van der Waals surface area contributed by atoms with E-state index in [2.05, 4.69) is 37.9 Å². The van der Waals surface area contributed by atoms with Crippen molar-refractivity contribution in [3.8, 4) is 11.3 Å². The fourth-order valence-corrected chi connectivity index (χ4v) is 5.51. The highest BCUT2D eigenvalue weighted by Gasteiger charge is 2.51. The number of carbonyl (C=O) groups is 2. The number of hydrogen-bond acceptors (Lipinski definition) is 4. The van der Waals surface area contributed by atoms with Gasteiger partial charge in [-0.1, -0.05) is 30.3 Å². The zero-order chi connectivity index (χ0) is 24.3. The fourth-order valence-electron chi connectivity index (χ4n) is 5.51. The van der Waals surface area contributed by atoms with Crippen molar-refractivity contribution in [2.24, 2.45) is 5.92 Å². The van der Waals surface area contributed by atoms with E-state index in [4.69, 9.17) is 0 Å². The molecule has 35 heavy (non-hydrogen) atoms. The van der Waals surface area contributed by atoms with Crippen molar-refractivity contribution in [2.45, 2.75) is 44.2 Å². The molecule has 0 bridgehead atoms. The summed E-state index contributed by atoms with van der Waals surface area (Å²) in [5.74, 6) is -0.373. The van der Waals surface area contributed by atoms with Crippen LogP contribution in [0.3, 0.4) is 0 Å². The van der Waals surface area contributed by atoms with Crippen LogP contribution in [0.5, 0.6) is 0 Å². The summed E-state index contributed by atoms with van der Waals surface area (Å²) < 4.78 is 13.3. The van der Waals surface area contributed by atoms with Crippen molar-refractivity contribution in [3.63, 3.8) is 0 Å². The van der Waals surface area contributed by atoms with Crippen LogP contribution in [-0.2, 0) is 17.8 Å². The number of aromatic nitrogens is 2. The minimum atomic E-state index is -0.840. The van der Waals surface area contributed by atoms with Crippen LogP contribution in [0.25, 0.3) is 11.3 Å². The maximum Gasteiger partial charge on any atom is 0.322 e. The number of nitrogens with one attached hydrogen (secondary N) is 3. The molecule has 1 aromatic heterocycles. The van der Waals surface area contributed by atoms with Crippen LogP contribution < -0.4 is 10.6 Å². The first-order valence-corrected chi connectivity index (χ1v) is 12.2. The Morgan fingerprint density at radius 1 is 1.03 bits per heavy atom. The van der Waals surface area contributed by atoms with Gasteiger partial charge in [-0.2, -0.15) is 5.10 Å².